The minimum Gasteiger partial charge on any atom is -0.354 e. The lowest BCUT2D eigenvalue weighted by molar-refractivity contribution is -0.220. The van der Waals surface area contributed by atoms with Crippen LogP contribution in [0.3, 0.4) is 0 Å². The van der Waals surface area contributed by atoms with Gasteiger partial charge >= 0.3 is 0 Å². The Morgan fingerprint density at radius 3 is 2.34 bits per heavy atom. The molecule has 0 saturated carbocycles. The smallest absolute Gasteiger partial charge is 0.217 e. The summed E-state index contributed by atoms with van der Waals surface area (Å²) < 4.78 is 11.8. The van der Waals surface area contributed by atoms with E-state index in [4.69, 9.17) is 20.5 Å². The summed E-state index contributed by atoms with van der Waals surface area (Å²) in [5.74, 6) is -0.704. The molecule has 1 aliphatic rings. The maximum Gasteiger partial charge on any atom is 0.217 e. The summed E-state index contributed by atoms with van der Waals surface area (Å²) in [6.07, 6.45) is -1.82. The molecule has 1 fully saturated rings. The third kappa shape index (κ3) is 6.37. The molecule has 1 aliphatic heterocycles. The second kappa shape index (κ2) is 10.9. The van der Waals surface area contributed by atoms with Crippen LogP contribution in [0, 0.1) is 0 Å². The van der Waals surface area contributed by atoms with Crippen molar-refractivity contribution in [2.45, 2.75) is 51.0 Å². The Morgan fingerprint density at radius 2 is 1.76 bits per heavy atom. The van der Waals surface area contributed by atoms with Gasteiger partial charge in [-0.15, -0.1) is 0 Å². The van der Waals surface area contributed by atoms with E-state index in [1.165, 1.54) is 13.8 Å². The monoisotopic (exact) mass is 402 g/mol. The third-order valence-electron chi connectivity index (χ3n) is 4.25. The lowest BCUT2D eigenvalue weighted by atomic mass is 9.92. The fourth-order valence-electron chi connectivity index (χ4n) is 3.03. The average molecular weight is 402 g/mol. The van der Waals surface area contributed by atoms with Crippen LogP contribution in [0.5, 0.6) is 0 Å². The summed E-state index contributed by atoms with van der Waals surface area (Å²) in [7, 11) is 0. The van der Waals surface area contributed by atoms with E-state index in [1.54, 1.807) is 0 Å². The largest absolute Gasteiger partial charge is 0.354 e. The molecule has 0 radical (unpaired) electrons. The van der Waals surface area contributed by atoms with Crippen molar-refractivity contribution in [1.29, 1.82) is 0 Å². The van der Waals surface area contributed by atoms with Gasteiger partial charge in [0.05, 0.1) is 30.8 Å². The highest BCUT2D eigenvalue weighted by atomic mass is 16.7. The molecule has 1 aromatic rings. The molecule has 29 heavy (non-hydrogen) atoms. The van der Waals surface area contributed by atoms with Crippen molar-refractivity contribution in [2.24, 2.45) is 10.2 Å². The Labute approximate surface area is 166 Å². The van der Waals surface area contributed by atoms with Crippen LogP contribution in [0.25, 0.3) is 20.9 Å². The lowest BCUT2D eigenvalue weighted by Gasteiger charge is -2.43. The number of azide groups is 2. The van der Waals surface area contributed by atoms with Gasteiger partial charge in [-0.1, -0.05) is 40.6 Å². The number of nitrogens with zero attached hydrogens (tertiary/aromatic N) is 6. The molecule has 2 rings (SSSR count). The molecular formula is C17H22N8O4. The molecule has 1 saturated heterocycles. The number of benzene rings is 1. The highest BCUT2D eigenvalue weighted by Gasteiger charge is 2.46. The Hall–Kier alpha value is -3.30. The summed E-state index contributed by atoms with van der Waals surface area (Å²) in [6.45, 7) is 2.81. The summed E-state index contributed by atoms with van der Waals surface area (Å²) in [6, 6.07) is 6.46. The summed E-state index contributed by atoms with van der Waals surface area (Å²) in [5.41, 5.74) is 18.8. The van der Waals surface area contributed by atoms with Gasteiger partial charge < -0.3 is 20.1 Å². The number of carbonyl (C=O) groups excluding carboxylic acids is 2. The third-order valence-corrected chi connectivity index (χ3v) is 4.25. The van der Waals surface area contributed by atoms with Crippen molar-refractivity contribution < 1.29 is 19.1 Å². The van der Waals surface area contributed by atoms with Gasteiger partial charge in [0.1, 0.15) is 0 Å². The van der Waals surface area contributed by atoms with Gasteiger partial charge in [-0.05, 0) is 16.6 Å². The van der Waals surface area contributed by atoms with E-state index in [2.05, 4.69) is 30.7 Å². The molecule has 0 bridgehead atoms. The van der Waals surface area contributed by atoms with E-state index < -0.39 is 36.4 Å². The maximum atomic E-state index is 11.7. The molecule has 0 spiro atoms. The second-order valence-electron chi connectivity index (χ2n) is 6.39. The van der Waals surface area contributed by atoms with E-state index >= 15 is 0 Å². The van der Waals surface area contributed by atoms with E-state index in [9.17, 15) is 9.59 Å². The van der Waals surface area contributed by atoms with Crippen molar-refractivity contribution in [3.8, 4) is 0 Å². The molecule has 2 N–H and O–H groups in total. The van der Waals surface area contributed by atoms with Crippen LogP contribution in [0.15, 0.2) is 40.6 Å². The Kier molecular flexibility index (Phi) is 8.26. The minimum absolute atomic E-state index is 0.00839. The van der Waals surface area contributed by atoms with E-state index in [-0.39, 0.29) is 19.1 Å². The van der Waals surface area contributed by atoms with Crippen LogP contribution in [-0.2, 0) is 25.7 Å². The average Bonchev–Trinajstić information content (AvgIpc) is 2.69. The molecule has 154 valence electrons. The molecule has 5 atom stereocenters. The first-order valence-corrected chi connectivity index (χ1v) is 8.87. The van der Waals surface area contributed by atoms with Gasteiger partial charge in [-0.25, -0.2) is 0 Å². The first kappa shape index (κ1) is 22.0. The number of amides is 2. The predicted molar refractivity (Wildman–Crippen MR) is 102 cm³/mol. The molecule has 2 amide bonds. The van der Waals surface area contributed by atoms with Crippen LogP contribution in [0.2, 0.25) is 0 Å². The van der Waals surface area contributed by atoms with Gasteiger partial charge in [0.25, 0.3) is 0 Å². The van der Waals surface area contributed by atoms with E-state index in [1.807, 2.05) is 30.3 Å². The fourth-order valence-corrected chi connectivity index (χ4v) is 3.03. The minimum atomic E-state index is -1.00. The van der Waals surface area contributed by atoms with Crippen LogP contribution in [0.4, 0.5) is 0 Å². The van der Waals surface area contributed by atoms with E-state index in [0.29, 0.717) is 0 Å². The van der Waals surface area contributed by atoms with Gasteiger partial charge in [-0.2, -0.15) is 0 Å². The molecule has 1 aromatic carbocycles. The highest BCUT2D eigenvalue weighted by Crippen LogP contribution is 2.28. The van der Waals surface area contributed by atoms with Crippen LogP contribution in [-0.4, -0.2) is 48.9 Å². The van der Waals surface area contributed by atoms with Gasteiger partial charge in [-0.3, -0.25) is 9.59 Å². The Bertz CT molecular complexity index is 807. The molecule has 0 aromatic heterocycles. The van der Waals surface area contributed by atoms with E-state index in [0.717, 1.165) is 5.56 Å². The predicted octanol–water partition coefficient (Wildman–Crippen LogP) is 1.93. The van der Waals surface area contributed by atoms with Gasteiger partial charge in [0.15, 0.2) is 6.29 Å². The second-order valence-corrected chi connectivity index (χ2v) is 6.39. The molecule has 0 unspecified atom stereocenters. The maximum absolute atomic E-state index is 11.7. The molecule has 12 heteroatoms. The zero-order valence-electron chi connectivity index (χ0n) is 16.0. The summed E-state index contributed by atoms with van der Waals surface area (Å²) in [4.78, 5) is 28.7. The number of nitrogens with one attached hydrogen (secondary N) is 2. The Morgan fingerprint density at radius 1 is 1.10 bits per heavy atom. The quantitative estimate of drug-likeness (QED) is 0.384. The topological polar surface area (TPSA) is 174 Å². The zero-order valence-corrected chi connectivity index (χ0v) is 16.0. The van der Waals surface area contributed by atoms with Gasteiger partial charge in [0, 0.05) is 30.2 Å². The number of rotatable bonds is 8. The summed E-state index contributed by atoms with van der Waals surface area (Å²) in [5, 5.41) is 12.7. The van der Waals surface area contributed by atoms with Crippen LogP contribution >= 0.6 is 0 Å². The lowest BCUT2D eigenvalue weighted by Crippen LogP contribution is -2.64. The van der Waals surface area contributed by atoms with Crippen molar-refractivity contribution in [3.63, 3.8) is 0 Å². The normalized spacial score (nSPS) is 25.8. The number of hydrogen-bond donors (Lipinski definition) is 2. The molecular weight excluding hydrogens is 380 g/mol. The van der Waals surface area contributed by atoms with Crippen LogP contribution < -0.4 is 10.6 Å². The molecule has 1 heterocycles. The van der Waals surface area contributed by atoms with Crippen molar-refractivity contribution in [3.05, 3.63) is 56.8 Å². The number of hydrogen-bond acceptors (Lipinski definition) is 6. The fraction of sp³-hybridized carbons (Fsp3) is 0.529. The molecule has 12 nitrogen and oxygen atoms in total. The molecule has 0 aliphatic carbocycles. The first-order chi connectivity index (χ1) is 14.0. The number of carbonyl (C=O) groups is 2. The van der Waals surface area contributed by atoms with Crippen molar-refractivity contribution >= 4 is 11.8 Å². The first-order valence-electron chi connectivity index (χ1n) is 8.87. The zero-order chi connectivity index (χ0) is 21.2. The standard InChI is InChI=1S/C17H22N8O4/c1-10(26)20-8-13-14(22-24-18)15(23-25-19)16(21-11(2)27)17(29-13)28-9-12-6-4-3-5-7-12/h3-7,13-17H,8-9H2,1-2H3,(H,20,26)(H,21,27)/t13-,14+,15+,16+,17-/m0/s1. The number of ether oxygens (including phenoxy) is 2. The Balaban J connectivity index is 2.32. The van der Waals surface area contributed by atoms with Crippen molar-refractivity contribution in [2.75, 3.05) is 6.54 Å². The van der Waals surface area contributed by atoms with Crippen LogP contribution in [0.1, 0.15) is 19.4 Å². The SMILES string of the molecule is CC(=O)NC[C@@H]1O[C@H](OCc2ccccc2)[C@H](NC(C)=O)[C@H](N=[N+]=[N-])[C@@H]1N=[N+]=[N-]. The summed E-state index contributed by atoms with van der Waals surface area (Å²) >= 11 is 0. The van der Waals surface area contributed by atoms with Gasteiger partial charge in [0.2, 0.25) is 11.8 Å². The van der Waals surface area contributed by atoms with Crippen molar-refractivity contribution in [1.82, 2.24) is 10.6 Å². The highest BCUT2D eigenvalue weighted by molar-refractivity contribution is 5.73.